The molecule has 1 aromatic heterocycles. The summed E-state index contributed by atoms with van der Waals surface area (Å²) in [6, 6.07) is 5.90. The maximum Gasteiger partial charge on any atom is 0.262 e. The maximum atomic E-state index is 13.3. The predicted octanol–water partition coefficient (Wildman–Crippen LogP) is 3.73. The van der Waals surface area contributed by atoms with Crippen molar-refractivity contribution in [2.24, 2.45) is 0 Å². The van der Waals surface area contributed by atoms with Gasteiger partial charge in [-0.25, -0.2) is 0 Å². The zero-order valence-corrected chi connectivity index (χ0v) is 18.4. The Balaban J connectivity index is 1.52. The van der Waals surface area contributed by atoms with E-state index in [9.17, 15) is 9.59 Å². The number of aryl methyl sites for hydroxylation is 3. The highest BCUT2D eigenvalue weighted by atomic mass is 32.1. The highest BCUT2D eigenvalue weighted by molar-refractivity contribution is 7.17. The Labute approximate surface area is 181 Å². The zero-order chi connectivity index (χ0) is 21.1. The summed E-state index contributed by atoms with van der Waals surface area (Å²) in [5.74, 6) is 0.499. The smallest absolute Gasteiger partial charge is 0.262 e. The van der Waals surface area contributed by atoms with E-state index in [0.717, 1.165) is 48.1 Å². The largest absolute Gasteiger partial charge is 0.483 e. The third kappa shape index (κ3) is 4.37. The van der Waals surface area contributed by atoms with Crippen molar-refractivity contribution in [1.82, 2.24) is 4.90 Å². The van der Waals surface area contributed by atoms with Gasteiger partial charge in [-0.3, -0.25) is 9.59 Å². The lowest BCUT2D eigenvalue weighted by atomic mass is 9.95. The summed E-state index contributed by atoms with van der Waals surface area (Å²) in [6.45, 7) is 6.14. The van der Waals surface area contributed by atoms with Crippen LogP contribution in [0.4, 0.5) is 5.00 Å². The Kier molecular flexibility index (Phi) is 6.39. The van der Waals surface area contributed by atoms with Gasteiger partial charge in [-0.2, -0.15) is 0 Å². The van der Waals surface area contributed by atoms with Gasteiger partial charge in [0.25, 0.3) is 11.8 Å². The zero-order valence-electron chi connectivity index (χ0n) is 17.6. The number of fused-ring (bicyclic) bond motifs is 1. The molecule has 4 rings (SSSR count). The van der Waals surface area contributed by atoms with Crippen LogP contribution in [0, 0.1) is 13.8 Å². The molecule has 1 saturated heterocycles. The van der Waals surface area contributed by atoms with Crippen LogP contribution >= 0.6 is 11.3 Å². The van der Waals surface area contributed by atoms with Crippen LogP contribution in [0.2, 0.25) is 0 Å². The van der Waals surface area contributed by atoms with E-state index in [1.54, 1.807) is 11.3 Å². The Morgan fingerprint density at radius 1 is 1.13 bits per heavy atom. The number of rotatable bonds is 5. The van der Waals surface area contributed by atoms with Gasteiger partial charge in [-0.1, -0.05) is 18.2 Å². The van der Waals surface area contributed by atoms with E-state index in [1.165, 1.54) is 4.88 Å². The molecule has 6 nitrogen and oxygen atoms in total. The highest BCUT2D eigenvalue weighted by Crippen LogP contribution is 2.39. The van der Waals surface area contributed by atoms with Crippen molar-refractivity contribution in [2.75, 3.05) is 38.2 Å². The number of anilines is 1. The summed E-state index contributed by atoms with van der Waals surface area (Å²) in [7, 11) is 0. The average molecular weight is 429 g/mol. The van der Waals surface area contributed by atoms with Crippen molar-refractivity contribution < 1.29 is 19.1 Å². The number of amides is 2. The topological polar surface area (TPSA) is 67.9 Å². The van der Waals surface area contributed by atoms with Gasteiger partial charge in [0, 0.05) is 18.0 Å². The van der Waals surface area contributed by atoms with Crippen LogP contribution in [0.25, 0.3) is 0 Å². The fraction of sp³-hybridized carbons (Fsp3) is 0.478. The lowest BCUT2D eigenvalue weighted by molar-refractivity contribution is -0.118. The van der Waals surface area contributed by atoms with E-state index in [2.05, 4.69) is 5.32 Å². The van der Waals surface area contributed by atoms with Gasteiger partial charge < -0.3 is 19.7 Å². The molecule has 7 heteroatoms. The van der Waals surface area contributed by atoms with Crippen LogP contribution in [0.15, 0.2) is 18.2 Å². The summed E-state index contributed by atoms with van der Waals surface area (Å²) in [6.07, 6.45) is 4.07. The first kappa shape index (κ1) is 20.9. The summed E-state index contributed by atoms with van der Waals surface area (Å²) in [5.41, 5.74) is 3.79. The van der Waals surface area contributed by atoms with Crippen LogP contribution in [0.3, 0.4) is 0 Å². The van der Waals surface area contributed by atoms with Crippen molar-refractivity contribution in [2.45, 2.75) is 39.5 Å². The number of hydrogen-bond donors (Lipinski definition) is 1. The van der Waals surface area contributed by atoms with Gasteiger partial charge in [-0.15, -0.1) is 11.3 Å². The molecule has 0 spiro atoms. The summed E-state index contributed by atoms with van der Waals surface area (Å²) >= 11 is 1.54. The molecular weight excluding hydrogens is 400 g/mol. The normalized spacial score (nSPS) is 16.1. The second-order valence-electron chi connectivity index (χ2n) is 7.88. The molecule has 2 aromatic rings. The molecule has 0 saturated carbocycles. The molecule has 1 aliphatic carbocycles. The lowest BCUT2D eigenvalue weighted by Crippen LogP contribution is -2.41. The first-order valence-electron chi connectivity index (χ1n) is 10.5. The van der Waals surface area contributed by atoms with Crippen molar-refractivity contribution in [3.63, 3.8) is 0 Å². The first-order chi connectivity index (χ1) is 14.5. The molecule has 0 radical (unpaired) electrons. The number of benzene rings is 1. The minimum Gasteiger partial charge on any atom is -0.483 e. The highest BCUT2D eigenvalue weighted by Gasteiger charge is 2.30. The number of carbonyl (C=O) groups is 2. The minimum absolute atomic E-state index is 0.00340. The van der Waals surface area contributed by atoms with Gasteiger partial charge in [0.05, 0.1) is 18.8 Å². The number of thiophene rings is 1. The Hall–Kier alpha value is -2.38. The van der Waals surface area contributed by atoms with Gasteiger partial charge in [-0.05, 0) is 56.2 Å². The number of hydrogen-bond acceptors (Lipinski definition) is 5. The third-order valence-corrected chi connectivity index (χ3v) is 6.90. The van der Waals surface area contributed by atoms with Crippen LogP contribution in [0.1, 0.15) is 44.8 Å². The van der Waals surface area contributed by atoms with Gasteiger partial charge in [0.2, 0.25) is 0 Å². The fourth-order valence-electron chi connectivity index (χ4n) is 4.13. The number of ether oxygens (including phenoxy) is 2. The van der Waals surface area contributed by atoms with Crippen molar-refractivity contribution >= 4 is 28.2 Å². The van der Waals surface area contributed by atoms with Crippen molar-refractivity contribution in [1.29, 1.82) is 0 Å². The third-order valence-electron chi connectivity index (χ3n) is 5.69. The Bertz CT molecular complexity index is 927. The molecule has 0 bridgehead atoms. The fourth-order valence-corrected chi connectivity index (χ4v) is 5.43. The Morgan fingerprint density at radius 3 is 2.57 bits per heavy atom. The lowest BCUT2D eigenvalue weighted by Gasteiger charge is -2.27. The summed E-state index contributed by atoms with van der Waals surface area (Å²) < 4.78 is 11.2. The molecule has 0 atom stereocenters. The van der Waals surface area contributed by atoms with E-state index in [1.807, 2.05) is 36.9 Å². The number of para-hydroxylation sites is 1. The molecule has 2 heterocycles. The molecule has 30 heavy (non-hydrogen) atoms. The second-order valence-corrected chi connectivity index (χ2v) is 8.98. The molecule has 1 aromatic carbocycles. The van der Waals surface area contributed by atoms with Gasteiger partial charge >= 0.3 is 0 Å². The number of carbonyl (C=O) groups excluding carboxylic acids is 2. The maximum absolute atomic E-state index is 13.3. The molecule has 160 valence electrons. The van der Waals surface area contributed by atoms with E-state index >= 15 is 0 Å². The first-order valence-corrected chi connectivity index (χ1v) is 11.4. The monoisotopic (exact) mass is 428 g/mol. The van der Waals surface area contributed by atoms with Crippen molar-refractivity contribution in [3.05, 3.63) is 45.3 Å². The average Bonchev–Trinajstić information content (AvgIpc) is 3.11. The molecular formula is C23H28N2O4S. The van der Waals surface area contributed by atoms with E-state index in [-0.39, 0.29) is 18.4 Å². The predicted molar refractivity (Wildman–Crippen MR) is 118 cm³/mol. The minimum atomic E-state index is -0.243. The number of nitrogens with one attached hydrogen (secondary N) is 1. The van der Waals surface area contributed by atoms with E-state index < -0.39 is 0 Å². The summed E-state index contributed by atoms with van der Waals surface area (Å²) in [4.78, 5) is 29.1. The SMILES string of the molecule is Cc1cccc(C)c1OCC(=O)Nc1sc2c(c1C(=O)N1CCOCC1)CCCC2. The van der Waals surface area contributed by atoms with E-state index in [4.69, 9.17) is 9.47 Å². The molecule has 2 amide bonds. The second kappa shape index (κ2) is 9.18. The quantitative estimate of drug-likeness (QED) is 0.788. The van der Waals surface area contributed by atoms with Gasteiger partial charge in [0.1, 0.15) is 10.8 Å². The molecule has 1 fully saturated rings. The van der Waals surface area contributed by atoms with Crippen molar-refractivity contribution in [3.8, 4) is 5.75 Å². The van der Waals surface area contributed by atoms with Gasteiger partial charge in [0.15, 0.2) is 6.61 Å². The molecule has 2 aliphatic rings. The standard InChI is InChI=1S/C23H28N2O4S/c1-15-6-5-7-16(2)21(15)29-14-19(26)24-22-20(17-8-3-4-9-18(17)30-22)23(27)25-10-12-28-13-11-25/h5-7H,3-4,8-14H2,1-2H3,(H,24,26). The molecule has 1 N–H and O–H groups in total. The molecule has 1 aliphatic heterocycles. The summed E-state index contributed by atoms with van der Waals surface area (Å²) in [5, 5.41) is 3.63. The van der Waals surface area contributed by atoms with E-state index in [0.29, 0.717) is 36.9 Å². The van der Waals surface area contributed by atoms with Crippen LogP contribution in [0.5, 0.6) is 5.75 Å². The van der Waals surface area contributed by atoms with Crippen LogP contribution in [-0.2, 0) is 22.4 Å². The van der Waals surface area contributed by atoms with Crippen LogP contribution < -0.4 is 10.1 Å². The van der Waals surface area contributed by atoms with Crippen LogP contribution in [-0.4, -0.2) is 49.6 Å². The molecule has 0 unspecified atom stereocenters. The number of morpholine rings is 1. The Morgan fingerprint density at radius 2 is 1.83 bits per heavy atom. The number of nitrogens with zero attached hydrogens (tertiary/aromatic N) is 1.